The number of fused-ring (bicyclic) bond motifs is 1. The van der Waals surface area contributed by atoms with Crippen molar-refractivity contribution < 1.29 is 9.53 Å². The van der Waals surface area contributed by atoms with Crippen molar-refractivity contribution in [1.29, 1.82) is 0 Å². The average molecular weight is 497 g/mol. The lowest BCUT2D eigenvalue weighted by molar-refractivity contribution is -0.110. The number of allylic oxidation sites excluding steroid dienone is 2. The summed E-state index contributed by atoms with van der Waals surface area (Å²) in [6.07, 6.45) is 9.40. The van der Waals surface area contributed by atoms with E-state index in [0.29, 0.717) is 27.9 Å². The number of aromatic nitrogens is 4. The van der Waals surface area contributed by atoms with Gasteiger partial charge in [-0.05, 0) is 48.1 Å². The lowest BCUT2D eigenvalue weighted by Gasteiger charge is -2.06. The van der Waals surface area contributed by atoms with Gasteiger partial charge in [-0.2, -0.15) is 0 Å². The summed E-state index contributed by atoms with van der Waals surface area (Å²) in [6.45, 7) is 0.521. The first kappa shape index (κ1) is 23.0. The number of ketones is 1. The molecule has 2 aromatic carbocycles. The molecule has 0 radical (unpaired) electrons. The summed E-state index contributed by atoms with van der Waals surface area (Å²) in [6, 6.07) is 12.7. The van der Waals surface area contributed by atoms with Gasteiger partial charge in [0.2, 0.25) is 0 Å². The van der Waals surface area contributed by atoms with E-state index in [9.17, 15) is 4.79 Å². The highest BCUT2D eigenvalue weighted by Gasteiger charge is 2.06. The van der Waals surface area contributed by atoms with Gasteiger partial charge in [0.25, 0.3) is 0 Å². The third-order valence-corrected chi connectivity index (χ3v) is 6.13. The summed E-state index contributed by atoms with van der Waals surface area (Å²) in [7, 11) is 0. The van der Waals surface area contributed by atoms with Crippen LogP contribution in [0, 0.1) is 0 Å². The lowest BCUT2D eigenvalue weighted by atomic mass is 10.1. The van der Waals surface area contributed by atoms with Crippen LogP contribution in [0.1, 0.15) is 11.1 Å². The molecule has 0 bridgehead atoms. The van der Waals surface area contributed by atoms with E-state index in [1.54, 1.807) is 48.4 Å². The molecule has 9 heteroatoms. The Balaban J connectivity index is 1.25. The van der Waals surface area contributed by atoms with Crippen LogP contribution in [-0.4, -0.2) is 38.1 Å². The van der Waals surface area contributed by atoms with E-state index in [1.807, 2.05) is 24.3 Å². The molecule has 0 spiro atoms. The Morgan fingerprint density at radius 3 is 2.55 bits per heavy atom. The minimum Gasteiger partial charge on any atom is -0.493 e. The largest absolute Gasteiger partial charge is 0.493 e. The number of ether oxygens (including phenoxy) is 1. The number of halogens is 2. The average Bonchev–Trinajstić information content (AvgIpc) is 3.31. The van der Waals surface area contributed by atoms with Crippen molar-refractivity contribution in [3.05, 3.63) is 88.4 Å². The number of nitrogens with one attached hydrogen (secondary N) is 1. The van der Waals surface area contributed by atoms with Crippen LogP contribution >= 0.6 is 35.0 Å². The van der Waals surface area contributed by atoms with Crippen LogP contribution in [0.3, 0.4) is 0 Å². The highest BCUT2D eigenvalue weighted by Crippen LogP contribution is 2.25. The molecule has 2 aromatic heterocycles. The first-order chi connectivity index (χ1) is 16.1. The fourth-order valence-electron chi connectivity index (χ4n) is 2.89. The number of hydrogen-bond donors (Lipinski definition) is 1. The van der Waals surface area contributed by atoms with E-state index >= 15 is 0 Å². The van der Waals surface area contributed by atoms with Gasteiger partial charge < -0.3 is 9.72 Å². The van der Waals surface area contributed by atoms with E-state index in [-0.39, 0.29) is 5.78 Å². The SMILES string of the molecule is O=C(/C=C/c1ccc(OCCSc2ncnc3nc[nH]c23)cc1)/C=C/c1c(Cl)cccc1Cl. The molecule has 0 amide bonds. The molecule has 1 N–H and O–H groups in total. The molecule has 4 aromatic rings. The second-order valence-electron chi connectivity index (χ2n) is 6.75. The number of carbonyl (C=O) groups is 1. The number of benzene rings is 2. The van der Waals surface area contributed by atoms with Crippen LogP contribution in [0.5, 0.6) is 5.75 Å². The number of rotatable bonds is 9. The summed E-state index contributed by atoms with van der Waals surface area (Å²) < 4.78 is 5.79. The third kappa shape index (κ3) is 6.22. The number of thioether (sulfide) groups is 1. The quantitative estimate of drug-likeness (QED) is 0.130. The Kier molecular flexibility index (Phi) is 7.78. The fraction of sp³-hybridized carbons (Fsp3) is 0.0833. The van der Waals surface area contributed by atoms with Gasteiger partial charge in [-0.25, -0.2) is 15.0 Å². The van der Waals surface area contributed by atoms with E-state index in [4.69, 9.17) is 27.9 Å². The summed E-state index contributed by atoms with van der Waals surface area (Å²) in [5.41, 5.74) is 2.99. The molecule has 6 nitrogen and oxygen atoms in total. The number of carbonyl (C=O) groups excluding carboxylic acids is 1. The van der Waals surface area contributed by atoms with Gasteiger partial charge >= 0.3 is 0 Å². The number of H-pyrrole nitrogens is 1. The van der Waals surface area contributed by atoms with Gasteiger partial charge in [0, 0.05) is 21.4 Å². The molecule has 0 saturated carbocycles. The van der Waals surface area contributed by atoms with Gasteiger partial charge in [-0.3, -0.25) is 4.79 Å². The summed E-state index contributed by atoms with van der Waals surface area (Å²) in [5, 5.41) is 1.84. The van der Waals surface area contributed by atoms with Crippen LogP contribution in [0.15, 0.2) is 72.3 Å². The van der Waals surface area contributed by atoms with E-state index in [0.717, 1.165) is 27.6 Å². The van der Waals surface area contributed by atoms with Crippen molar-refractivity contribution in [3.63, 3.8) is 0 Å². The Bertz CT molecular complexity index is 1300. The zero-order valence-corrected chi connectivity index (χ0v) is 19.6. The zero-order chi connectivity index (χ0) is 23.0. The van der Waals surface area contributed by atoms with Crippen molar-refractivity contribution >= 4 is 64.1 Å². The van der Waals surface area contributed by atoms with Crippen LogP contribution in [-0.2, 0) is 4.79 Å². The molecular weight excluding hydrogens is 479 g/mol. The normalized spacial score (nSPS) is 11.6. The van der Waals surface area contributed by atoms with Crippen molar-refractivity contribution in [2.45, 2.75) is 5.03 Å². The van der Waals surface area contributed by atoms with Crippen LogP contribution < -0.4 is 4.74 Å². The fourth-order valence-corrected chi connectivity index (χ4v) is 4.19. The summed E-state index contributed by atoms with van der Waals surface area (Å²) in [4.78, 5) is 27.7. The molecule has 0 aliphatic rings. The Morgan fingerprint density at radius 2 is 1.76 bits per heavy atom. The molecule has 0 aliphatic carbocycles. The molecule has 2 heterocycles. The van der Waals surface area contributed by atoms with Crippen LogP contribution in [0.25, 0.3) is 23.3 Å². The van der Waals surface area contributed by atoms with Crippen molar-refractivity contribution in [3.8, 4) is 5.75 Å². The van der Waals surface area contributed by atoms with Crippen LogP contribution in [0.4, 0.5) is 0 Å². The van der Waals surface area contributed by atoms with Gasteiger partial charge in [0.15, 0.2) is 11.4 Å². The number of nitrogens with zero attached hydrogens (tertiary/aromatic N) is 3. The second kappa shape index (κ2) is 11.1. The Hall–Kier alpha value is -3.13. The smallest absolute Gasteiger partial charge is 0.181 e. The van der Waals surface area contributed by atoms with Gasteiger partial charge in [-0.1, -0.05) is 47.5 Å². The second-order valence-corrected chi connectivity index (χ2v) is 8.65. The molecule has 0 unspecified atom stereocenters. The third-order valence-electron chi connectivity index (χ3n) is 4.51. The lowest BCUT2D eigenvalue weighted by Crippen LogP contribution is -2.00. The maximum atomic E-state index is 12.1. The molecular formula is C24H18Cl2N4O2S. The first-order valence-corrected chi connectivity index (χ1v) is 11.7. The molecule has 0 fully saturated rings. The summed E-state index contributed by atoms with van der Waals surface area (Å²) in [5.74, 6) is 1.31. The highest BCUT2D eigenvalue weighted by atomic mass is 35.5. The van der Waals surface area contributed by atoms with Crippen molar-refractivity contribution in [2.24, 2.45) is 0 Å². The summed E-state index contributed by atoms with van der Waals surface area (Å²) >= 11 is 13.8. The molecule has 4 rings (SSSR count). The molecule has 166 valence electrons. The topological polar surface area (TPSA) is 80.8 Å². The van der Waals surface area contributed by atoms with E-state index in [1.165, 1.54) is 18.5 Å². The van der Waals surface area contributed by atoms with Gasteiger partial charge in [0.1, 0.15) is 22.6 Å². The van der Waals surface area contributed by atoms with E-state index < -0.39 is 0 Å². The molecule has 0 saturated heterocycles. The molecule has 33 heavy (non-hydrogen) atoms. The van der Waals surface area contributed by atoms with Gasteiger partial charge in [0.05, 0.1) is 12.9 Å². The molecule has 0 atom stereocenters. The van der Waals surface area contributed by atoms with Gasteiger partial charge in [-0.15, -0.1) is 11.8 Å². The van der Waals surface area contributed by atoms with E-state index in [2.05, 4.69) is 19.9 Å². The van der Waals surface area contributed by atoms with Crippen LogP contribution in [0.2, 0.25) is 10.0 Å². The minimum atomic E-state index is -0.167. The number of aromatic amines is 1. The monoisotopic (exact) mass is 496 g/mol. The zero-order valence-electron chi connectivity index (χ0n) is 17.2. The molecule has 0 aliphatic heterocycles. The highest BCUT2D eigenvalue weighted by molar-refractivity contribution is 7.99. The number of hydrogen-bond acceptors (Lipinski definition) is 6. The van der Waals surface area contributed by atoms with Crippen molar-refractivity contribution in [2.75, 3.05) is 12.4 Å². The maximum absolute atomic E-state index is 12.1. The standard InChI is InChI=1S/C24H18Cl2N4O2S/c25-20-2-1-3-21(26)19(20)11-8-17(31)7-4-16-5-9-18(10-6-16)32-12-13-33-24-22-23(28-14-27-22)29-15-30-24/h1-11,14-15H,12-13H2,(H,27,28,29,30)/b7-4+,11-8+. The Morgan fingerprint density at radius 1 is 1.00 bits per heavy atom. The Labute approximate surface area is 204 Å². The predicted octanol–water partition coefficient (Wildman–Crippen LogP) is 6.13. The number of imidazole rings is 1. The maximum Gasteiger partial charge on any atom is 0.181 e. The van der Waals surface area contributed by atoms with Crippen molar-refractivity contribution in [1.82, 2.24) is 19.9 Å². The predicted molar refractivity (Wildman–Crippen MR) is 134 cm³/mol. The minimum absolute atomic E-state index is 0.167. The first-order valence-electron chi connectivity index (χ1n) is 9.94.